The van der Waals surface area contributed by atoms with Crippen LogP contribution >= 0.6 is 23.5 Å². The molecule has 0 amide bonds. The fourth-order valence-electron chi connectivity index (χ4n) is 0.914. The van der Waals surface area contributed by atoms with E-state index in [-0.39, 0.29) is 17.3 Å². The maximum Gasteiger partial charge on any atom is 0.313 e. The molecule has 1 aromatic heterocycles. The molecule has 0 saturated heterocycles. The molecule has 0 saturated carbocycles. The summed E-state index contributed by atoms with van der Waals surface area (Å²) in [5.41, 5.74) is 5.73. The highest BCUT2D eigenvalue weighted by Gasteiger charge is 2.14. The first kappa shape index (κ1) is 12.6. The van der Waals surface area contributed by atoms with E-state index >= 15 is 0 Å². The van der Waals surface area contributed by atoms with E-state index in [4.69, 9.17) is 16.1 Å². The van der Waals surface area contributed by atoms with Crippen LogP contribution in [0.5, 0.6) is 0 Å². The van der Waals surface area contributed by atoms with Crippen LogP contribution in [0.1, 0.15) is 5.56 Å². The molecule has 1 rings (SSSR count). The summed E-state index contributed by atoms with van der Waals surface area (Å²) in [6, 6.07) is 1.95. The molecular weight excluding hydrogens is 248 g/mol. The van der Waals surface area contributed by atoms with Gasteiger partial charge in [0.2, 0.25) is 5.95 Å². The minimum Gasteiger partial charge on any atom is -0.481 e. The fraction of sp³-hybridized carbons (Fsp3) is 0.250. The second-order valence-corrected chi connectivity index (χ2v) is 4.32. The number of nitrogens with zero attached hydrogens (tertiary/aromatic N) is 3. The van der Waals surface area contributed by atoms with Crippen LogP contribution in [0.25, 0.3) is 0 Å². The molecule has 84 valence electrons. The van der Waals surface area contributed by atoms with E-state index in [0.717, 1.165) is 11.8 Å². The standard InChI is InChI=1S/C8H8N4O2S2/c1-15-6-4(2-9)7(12-8(10)11-6)16-3-5(13)14/h3H2,1H3,(H,13,14)(H2,10,11,12). The highest BCUT2D eigenvalue weighted by Crippen LogP contribution is 2.27. The Morgan fingerprint density at radius 1 is 1.56 bits per heavy atom. The predicted molar refractivity (Wildman–Crippen MR) is 61.3 cm³/mol. The number of anilines is 1. The van der Waals surface area contributed by atoms with Gasteiger partial charge >= 0.3 is 5.97 Å². The van der Waals surface area contributed by atoms with Crippen molar-refractivity contribution >= 4 is 35.4 Å². The van der Waals surface area contributed by atoms with Gasteiger partial charge in [-0.2, -0.15) is 5.26 Å². The van der Waals surface area contributed by atoms with Crippen LogP contribution in [-0.4, -0.2) is 33.1 Å². The minimum absolute atomic E-state index is 0.0382. The van der Waals surface area contributed by atoms with Gasteiger partial charge in [0.05, 0.1) is 5.75 Å². The molecule has 0 aliphatic carbocycles. The van der Waals surface area contributed by atoms with E-state index in [1.165, 1.54) is 11.8 Å². The molecule has 16 heavy (non-hydrogen) atoms. The molecule has 0 aliphatic heterocycles. The third kappa shape index (κ3) is 3.01. The Kier molecular flexibility index (Phi) is 4.39. The second kappa shape index (κ2) is 5.58. The van der Waals surface area contributed by atoms with Crippen LogP contribution in [0.2, 0.25) is 0 Å². The number of aromatic nitrogens is 2. The number of rotatable bonds is 4. The van der Waals surface area contributed by atoms with Gasteiger partial charge < -0.3 is 10.8 Å². The fourth-order valence-corrected chi connectivity index (χ4v) is 2.22. The molecule has 0 atom stereocenters. The van der Waals surface area contributed by atoms with Gasteiger partial charge in [0.25, 0.3) is 0 Å². The number of aliphatic carboxylic acids is 1. The van der Waals surface area contributed by atoms with Crippen molar-refractivity contribution in [1.29, 1.82) is 5.26 Å². The third-order valence-electron chi connectivity index (χ3n) is 1.50. The summed E-state index contributed by atoms with van der Waals surface area (Å²) in [7, 11) is 0. The molecule has 3 N–H and O–H groups in total. The molecule has 0 bridgehead atoms. The van der Waals surface area contributed by atoms with Crippen molar-refractivity contribution in [3.05, 3.63) is 5.56 Å². The van der Waals surface area contributed by atoms with E-state index in [9.17, 15) is 4.79 Å². The number of nitriles is 1. The van der Waals surface area contributed by atoms with E-state index in [2.05, 4.69) is 9.97 Å². The number of nitrogens with two attached hydrogens (primary N) is 1. The van der Waals surface area contributed by atoms with E-state index < -0.39 is 5.97 Å². The maximum atomic E-state index is 10.4. The number of hydrogen-bond acceptors (Lipinski definition) is 7. The topological polar surface area (TPSA) is 113 Å². The van der Waals surface area contributed by atoms with Gasteiger partial charge in [-0.1, -0.05) is 11.8 Å². The summed E-state index contributed by atoms with van der Waals surface area (Å²) >= 11 is 2.23. The number of carboxylic acids is 1. The van der Waals surface area contributed by atoms with Crippen LogP contribution in [0.15, 0.2) is 10.1 Å². The van der Waals surface area contributed by atoms with Crippen LogP contribution in [-0.2, 0) is 4.79 Å². The van der Waals surface area contributed by atoms with Gasteiger partial charge in [0.15, 0.2) is 0 Å². The van der Waals surface area contributed by atoms with Crippen molar-refractivity contribution in [2.45, 2.75) is 10.1 Å². The van der Waals surface area contributed by atoms with Crippen LogP contribution < -0.4 is 5.73 Å². The van der Waals surface area contributed by atoms with Crippen molar-refractivity contribution in [3.8, 4) is 6.07 Å². The average molecular weight is 256 g/mol. The van der Waals surface area contributed by atoms with E-state index in [1.54, 1.807) is 6.26 Å². The Hall–Kier alpha value is -1.46. The molecule has 0 aromatic carbocycles. The Morgan fingerprint density at radius 2 is 2.19 bits per heavy atom. The molecule has 0 fully saturated rings. The van der Waals surface area contributed by atoms with Crippen molar-refractivity contribution in [2.24, 2.45) is 0 Å². The number of hydrogen-bond donors (Lipinski definition) is 2. The molecule has 6 nitrogen and oxygen atoms in total. The number of thioether (sulfide) groups is 2. The molecule has 0 unspecified atom stereocenters. The van der Waals surface area contributed by atoms with Crippen LogP contribution in [0, 0.1) is 11.3 Å². The lowest BCUT2D eigenvalue weighted by Crippen LogP contribution is -2.04. The van der Waals surface area contributed by atoms with Gasteiger partial charge in [-0.05, 0) is 6.26 Å². The monoisotopic (exact) mass is 256 g/mol. The summed E-state index contributed by atoms with van der Waals surface area (Å²) in [5, 5.41) is 18.3. The number of carboxylic acid groups (broad SMARTS) is 1. The van der Waals surface area contributed by atoms with Gasteiger partial charge in [-0.3, -0.25) is 4.79 Å². The minimum atomic E-state index is -0.975. The van der Waals surface area contributed by atoms with Crippen molar-refractivity contribution in [1.82, 2.24) is 9.97 Å². The van der Waals surface area contributed by atoms with Gasteiger partial charge in [-0.15, -0.1) is 11.8 Å². The Balaban J connectivity index is 3.11. The predicted octanol–water partition coefficient (Wildman–Crippen LogP) is 0.829. The van der Waals surface area contributed by atoms with E-state index in [1.807, 2.05) is 6.07 Å². The summed E-state index contributed by atoms with van der Waals surface area (Å²) in [6.45, 7) is 0. The van der Waals surface area contributed by atoms with Crippen molar-refractivity contribution < 1.29 is 9.90 Å². The molecular formula is C8H8N4O2S2. The Bertz CT molecular complexity index is 458. The normalized spacial score (nSPS) is 9.75. The van der Waals surface area contributed by atoms with Crippen LogP contribution in [0.4, 0.5) is 5.95 Å². The van der Waals surface area contributed by atoms with Crippen molar-refractivity contribution in [3.63, 3.8) is 0 Å². The quantitative estimate of drug-likeness (QED) is 0.601. The number of carbonyl (C=O) groups is 1. The zero-order chi connectivity index (χ0) is 12.1. The molecule has 0 aliphatic rings. The lowest BCUT2D eigenvalue weighted by atomic mass is 10.4. The molecule has 8 heteroatoms. The zero-order valence-corrected chi connectivity index (χ0v) is 9.93. The first-order chi connectivity index (χ1) is 7.58. The summed E-state index contributed by atoms with van der Waals surface area (Å²) in [5.74, 6) is -1.10. The largest absolute Gasteiger partial charge is 0.481 e. The first-order valence-electron chi connectivity index (χ1n) is 4.04. The molecule has 1 aromatic rings. The molecule has 0 radical (unpaired) electrons. The van der Waals surface area contributed by atoms with Gasteiger partial charge in [0, 0.05) is 0 Å². The van der Waals surface area contributed by atoms with Gasteiger partial charge in [-0.25, -0.2) is 9.97 Å². The average Bonchev–Trinajstić information content (AvgIpc) is 2.25. The smallest absolute Gasteiger partial charge is 0.313 e. The highest BCUT2D eigenvalue weighted by atomic mass is 32.2. The Morgan fingerprint density at radius 3 is 2.69 bits per heavy atom. The summed E-state index contributed by atoms with van der Waals surface area (Å²) in [4.78, 5) is 18.2. The van der Waals surface area contributed by atoms with E-state index in [0.29, 0.717) is 10.1 Å². The van der Waals surface area contributed by atoms with Crippen molar-refractivity contribution in [2.75, 3.05) is 17.7 Å². The van der Waals surface area contributed by atoms with Gasteiger partial charge in [0.1, 0.15) is 21.7 Å². The molecule has 0 spiro atoms. The second-order valence-electron chi connectivity index (χ2n) is 2.57. The lowest BCUT2D eigenvalue weighted by molar-refractivity contribution is -0.133. The molecule has 1 heterocycles. The SMILES string of the molecule is CSc1nc(N)nc(SCC(=O)O)c1C#N. The zero-order valence-electron chi connectivity index (χ0n) is 8.30. The lowest BCUT2D eigenvalue weighted by Gasteiger charge is -2.05. The Labute approximate surface area is 100 Å². The number of nitrogen functional groups attached to an aromatic ring is 1. The summed E-state index contributed by atoms with van der Waals surface area (Å²) < 4.78 is 0. The van der Waals surface area contributed by atoms with Crippen LogP contribution in [0.3, 0.4) is 0 Å². The first-order valence-corrected chi connectivity index (χ1v) is 6.25. The third-order valence-corrected chi connectivity index (χ3v) is 3.14. The highest BCUT2D eigenvalue weighted by molar-refractivity contribution is 8.00. The maximum absolute atomic E-state index is 10.4. The summed E-state index contributed by atoms with van der Waals surface area (Å²) in [6.07, 6.45) is 1.76.